The van der Waals surface area contributed by atoms with Gasteiger partial charge < -0.3 is 5.32 Å². The zero-order valence-corrected chi connectivity index (χ0v) is 14.5. The van der Waals surface area contributed by atoms with E-state index in [1.807, 2.05) is 0 Å². The number of amides is 3. The van der Waals surface area contributed by atoms with Crippen LogP contribution < -0.4 is 16.2 Å². The van der Waals surface area contributed by atoms with Gasteiger partial charge in [-0.25, -0.2) is 0 Å². The largest absolute Gasteiger partial charge is 0.343 e. The van der Waals surface area contributed by atoms with Crippen LogP contribution in [-0.2, 0) is 9.59 Å². The quantitative estimate of drug-likeness (QED) is 0.710. The molecule has 3 N–H and O–H groups in total. The van der Waals surface area contributed by atoms with Crippen LogP contribution in [-0.4, -0.2) is 24.3 Å². The fourth-order valence-corrected chi connectivity index (χ4v) is 3.07. The minimum absolute atomic E-state index is 0.0542. The van der Waals surface area contributed by atoms with Crippen LogP contribution in [0, 0.1) is 5.92 Å². The summed E-state index contributed by atoms with van der Waals surface area (Å²) < 4.78 is 0. The molecule has 2 rings (SSSR count). The first-order chi connectivity index (χ1) is 11.5. The van der Waals surface area contributed by atoms with Crippen molar-refractivity contribution in [2.24, 2.45) is 5.92 Å². The van der Waals surface area contributed by atoms with Crippen LogP contribution in [0.3, 0.4) is 0 Å². The van der Waals surface area contributed by atoms with Crippen LogP contribution in [0.1, 0.15) is 42.5 Å². The monoisotopic (exact) mass is 371 g/mol. The Kier molecular flexibility index (Phi) is 6.87. The fourth-order valence-electron chi connectivity index (χ4n) is 2.57. The summed E-state index contributed by atoms with van der Waals surface area (Å²) in [5.41, 5.74) is 4.93. The second-order valence-electron chi connectivity index (χ2n) is 5.68. The van der Waals surface area contributed by atoms with Crippen molar-refractivity contribution in [1.82, 2.24) is 16.2 Å². The number of halogens is 2. The predicted octanol–water partition coefficient (Wildman–Crippen LogP) is 2.45. The number of benzene rings is 1. The molecule has 1 saturated carbocycles. The van der Waals surface area contributed by atoms with E-state index in [1.54, 1.807) is 0 Å². The van der Waals surface area contributed by atoms with Crippen molar-refractivity contribution in [3.05, 3.63) is 33.8 Å². The van der Waals surface area contributed by atoms with E-state index < -0.39 is 11.8 Å². The molecular weight excluding hydrogens is 353 g/mol. The Labute approximate surface area is 150 Å². The lowest BCUT2D eigenvalue weighted by Crippen LogP contribution is -2.48. The number of nitrogens with one attached hydrogen (secondary N) is 3. The van der Waals surface area contributed by atoms with Gasteiger partial charge in [0, 0.05) is 10.9 Å². The number of carbonyl (C=O) groups excluding carboxylic acids is 3. The highest BCUT2D eigenvalue weighted by Crippen LogP contribution is 2.23. The summed E-state index contributed by atoms with van der Waals surface area (Å²) in [5.74, 6) is -1.25. The van der Waals surface area contributed by atoms with Gasteiger partial charge in [0.1, 0.15) is 0 Å². The summed E-state index contributed by atoms with van der Waals surface area (Å²) in [5, 5.41) is 3.05. The maximum absolute atomic E-state index is 12.0. The third-order valence-corrected chi connectivity index (χ3v) is 4.43. The predicted molar refractivity (Wildman–Crippen MR) is 91.7 cm³/mol. The third-order valence-electron chi connectivity index (χ3n) is 3.89. The van der Waals surface area contributed by atoms with E-state index in [2.05, 4.69) is 16.2 Å². The van der Waals surface area contributed by atoms with Gasteiger partial charge in [-0.15, -0.1) is 0 Å². The van der Waals surface area contributed by atoms with E-state index in [0.29, 0.717) is 5.02 Å². The zero-order chi connectivity index (χ0) is 17.5. The SMILES string of the molecule is O=C(CNC(=O)c1ccc(Cl)cc1Cl)NNC(=O)C1CCCCC1. The fraction of sp³-hybridized carbons (Fsp3) is 0.438. The first kappa shape index (κ1) is 18.5. The summed E-state index contributed by atoms with van der Waals surface area (Å²) in [6, 6.07) is 4.46. The maximum atomic E-state index is 12.0. The first-order valence-electron chi connectivity index (χ1n) is 7.79. The van der Waals surface area contributed by atoms with Gasteiger partial charge >= 0.3 is 0 Å². The highest BCUT2D eigenvalue weighted by molar-refractivity contribution is 6.36. The molecule has 1 fully saturated rings. The molecule has 0 aliphatic heterocycles. The molecule has 1 aromatic rings. The van der Waals surface area contributed by atoms with Crippen LogP contribution in [0.2, 0.25) is 10.0 Å². The van der Waals surface area contributed by atoms with Crippen molar-refractivity contribution in [3.63, 3.8) is 0 Å². The molecular formula is C16H19Cl2N3O3. The first-order valence-corrected chi connectivity index (χ1v) is 8.55. The zero-order valence-electron chi connectivity index (χ0n) is 13.0. The summed E-state index contributed by atoms with van der Waals surface area (Å²) in [7, 11) is 0. The Morgan fingerprint density at radius 2 is 1.75 bits per heavy atom. The Hall–Kier alpha value is -1.79. The lowest BCUT2D eigenvalue weighted by Gasteiger charge is -2.20. The average Bonchev–Trinajstić information content (AvgIpc) is 2.58. The van der Waals surface area contributed by atoms with Gasteiger partial charge in [-0.2, -0.15) is 0 Å². The summed E-state index contributed by atoms with van der Waals surface area (Å²) in [4.78, 5) is 35.6. The molecule has 24 heavy (non-hydrogen) atoms. The van der Waals surface area contributed by atoms with Crippen molar-refractivity contribution in [2.45, 2.75) is 32.1 Å². The number of hydrogen-bond acceptors (Lipinski definition) is 3. The second-order valence-corrected chi connectivity index (χ2v) is 6.52. The van der Waals surface area contributed by atoms with Crippen molar-refractivity contribution in [1.29, 1.82) is 0 Å². The molecule has 0 heterocycles. The normalized spacial score (nSPS) is 14.8. The molecule has 0 saturated heterocycles. The highest BCUT2D eigenvalue weighted by Gasteiger charge is 2.21. The second kappa shape index (κ2) is 8.89. The number of carbonyl (C=O) groups is 3. The highest BCUT2D eigenvalue weighted by atomic mass is 35.5. The average molecular weight is 372 g/mol. The van der Waals surface area contributed by atoms with Crippen LogP contribution >= 0.6 is 23.2 Å². The molecule has 1 aromatic carbocycles. The minimum Gasteiger partial charge on any atom is -0.343 e. The molecule has 6 nitrogen and oxygen atoms in total. The van der Waals surface area contributed by atoms with Crippen LogP contribution in [0.5, 0.6) is 0 Å². The molecule has 8 heteroatoms. The van der Waals surface area contributed by atoms with E-state index in [9.17, 15) is 14.4 Å². The Balaban J connectivity index is 1.74. The molecule has 3 amide bonds. The van der Waals surface area contributed by atoms with Gasteiger partial charge in [0.25, 0.3) is 11.8 Å². The molecule has 1 aliphatic rings. The van der Waals surface area contributed by atoms with Crippen LogP contribution in [0.25, 0.3) is 0 Å². The van der Waals surface area contributed by atoms with Crippen LogP contribution in [0.4, 0.5) is 0 Å². The molecule has 0 aromatic heterocycles. The standard InChI is InChI=1S/C16H19Cl2N3O3/c17-11-6-7-12(13(18)8-11)16(24)19-9-14(22)20-21-15(23)10-4-2-1-3-5-10/h6-8,10H,1-5,9H2,(H,19,24)(H,20,22)(H,21,23). The van der Waals surface area contributed by atoms with Gasteiger partial charge in [-0.05, 0) is 31.0 Å². The molecule has 130 valence electrons. The topological polar surface area (TPSA) is 87.3 Å². The summed E-state index contributed by atoms with van der Waals surface area (Å²) in [6.07, 6.45) is 4.89. The smallest absolute Gasteiger partial charge is 0.257 e. The lowest BCUT2D eigenvalue weighted by atomic mass is 9.89. The number of hydrogen-bond donors (Lipinski definition) is 3. The van der Waals surface area contributed by atoms with E-state index >= 15 is 0 Å². The molecule has 1 aliphatic carbocycles. The molecule has 0 spiro atoms. The van der Waals surface area contributed by atoms with Gasteiger partial charge in [-0.3, -0.25) is 25.2 Å². The van der Waals surface area contributed by atoms with E-state index in [0.717, 1.165) is 32.1 Å². The van der Waals surface area contributed by atoms with Gasteiger partial charge in [-0.1, -0.05) is 42.5 Å². The molecule has 0 bridgehead atoms. The van der Waals surface area contributed by atoms with Gasteiger partial charge in [0.15, 0.2) is 0 Å². The molecule has 0 atom stereocenters. The van der Waals surface area contributed by atoms with Crippen LogP contribution in [0.15, 0.2) is 18.2 Å². The Bertz CT molecular complexity index is 631. The van der Waals surface area contributed by atoms with Gasteiger partial charge in [0.05, 0.1) is 17.1 Å². The summed E-state index contributed by atoms with van der Waals surface area (Å²) in [6.45, 7) is -0.275. The number of hydrazine groups is 1. The lowest BCUT2D eigenvalue weighted by molar-refractivity contribution is -0.131. The van der Waals surface area contributed by atoms with E-state index in [1.165, 1.54) is 18.2 Å². The maximum Gasteiger partial charge on any atom is 0.257 e. The summed E-state index contributed by atoms with van der Waals surface area (Å²) >= 11 is 11.7. The van der Waals surface area contributed by atoms with Crippen molar-refractivity contribution >= 4 is 40.9 Å². The number of rotatable bonds is 4. The van der Waals surface area contributed by atoms with Crippen molar-refractivity contribution in [3.8, 4) is 0 Å². The third kappa shape index (κ3) is 5.39. The Morgan fingerprint density at radius 1 is 1.04 bits per heavy atom. The van der Waals surface area contributed by atoms with E-state index in [-0.39, 0.29) is 29.0 Å². The van der Waals surface area contributed by atoms with Gasteiger partial charge in [0.2, 0.25) is 5.91 Å². The van der Waals surface area contributed by atoms with E-state index in [4.69, 9.17) is 23.2 Å². The van der Waals surface area contributed by atoms with Crippen molar-refractivity contribution < 1.29 is 14.4 Å². The minimum atomic E-state index is -0.516. The molecule has 0 unspecified atom stereocenters. The Morgan fingerprint density at radius 3 is 2.42 bits per heavy atom. The molecule has 0 radical (unpaired) electrons. The van der Waals surface area contributed by atoms with Crippen molar-refractivity contribution in [2.75, 3.05) is 6.54 Å².